The van der Waals surface area contributed by atoms with E-state index in [0.29, 0.717) is 31.9 Å². The van der Waals surface area contributed by atoms with Crippen LogP contribution >= 0.6 is 0 Å². The number of hydrogen-bond donors (Lipinski definition) is 2. The lowest BCUT2D eigenvalue weighted by Crippen LogP contribution is -2.38. The van der Waals surface area contributed by atoms with Crippen molar-refractivity contribution in [2.75, 3.05) is 20.3 Å². The van der Waals surface area contributed by atoms with Crippen LogP contribution in [0.5, 0.6) is 5.88 Å². The van der Waals surface area contributed by atoms with E-state index in [2.05, 4.69) is 9.97 Å². The molecular formula is C11H16N2O4. The number of aromatic amines is 1. The zero-order valence-corrected chi connectivity index (χ0v) is 9.95. The van der Waals surface area contributed by atoms with Gasteiger partial charge in [0.1, 0.15) is 11.4 Å². The molecule has 0 aromatic carbocycles. The third-order valence-electron chi connectivity index (χ3n) is 3.25. The predicted octanol–water partition coefficient (Wildman–Crippen LogP) is 0.436. The molecule has 1 aromatic heterocycles. The molecule has 2 rings (SSSR count). The molecule has 6 nitrogen and oxygen atoms in total. The zero-order chi connectivity index (χ0) is 12.5. The molecule has 94 valence electrons. The van der Waals surface area contributed by atoms with Crippen molar-refractivity contribution in [2.24, 2.45) is 0 Å². The summed E-state index contributed by atoms with van der Waals surface area (Å²) in [7, 11) is 1.57. The molecule has 1 aliphatic rings. The third-order valence-corrected chi connectivity index (χ3v) is 3.25. The molecule has 0 bridgehead atoms. The van der Waals surface area contributed by atoms with Crippen molar-refractivity contribution in [2.45, 2.75) is 25.4 Å². The normalized spacial score (nSPS) is 19.2. The van der Waals surface area contributed by atoms with E-state index in [1.807, 2.05) is 0 Å². The number of rotatable bonds is 2. The van der Waals surface area contributed by atoms with Crippen LogP contribution in [0.4, 0.5) is 0 Å². The summed E-state index contributed by atoms with van der Waals surface area (Å²) >= 11 is 0. The molecule has 2 N–H and O–H groups in total. The van der Waals surface area contributed by atoms with Crippen LogP contribution in [-0.2, 0) is 15.1 Å². The Balaban J connectivity index is 2.47. The van der Waals surface area contributed by atoms with E-state index in [0.717, 1.165) is 0 Å². The van der Waals surface area contributed by atoms with Gasteiger partial charge in [-0.05, 0) is 6.92 Å². The highest BCUT2D eigenvalue weighted by atomic mass is 16.5. The highest BCUT2D eigenvalue weighted by Gasteiger charge is 2.37. The van der Waals surface area contributed by atoms with Crippen molar-refractivity contribution in [3.63, 3.8) is 0 Å². The molecule has 1 aliphatic heterocycles. The van der Waals surface area contributed by atoms with Crippen LogP contribution in [0.1, 0.15) is 24.2 Å². The van der Waals surface area contributed by atoms with Gasteiger partial charge in [0.15, 0.2) is 0 Å². The van der Waals surface area contributed by atoms with Gasteiger partial charge in [-0.15, -0.1) is 0 Å². The van der Waals surface area contributed by atoms with Crippen LogP contribution in [0.3, 0.4) is 0 Å². The van der Waals surface area contributed by atoms with Crippen LogP contribution in [-0.4, -0.2) is 35.4 Å². The van der Waals surface area contributed by atoms with Crippen LogP contribution in [0.15, 0.2) is 4.79 Å². The molecule has 0 unspecified atom stereocenters. The first kappa shape index (κ1) is 12.1. The first-order valence-corrected chi connectivity index (χ1v) is 5.52. The molecule has 0 amide bonds. The van der Waals surface area contributed by atoms with Gasteiger partial charge in [-0.2, -0.15) is 4.98 Å². The van der Waals surface area contributed by atoms with E-state index in [4.69, 9.17) is 9.47 Å². The minimum Gasteiger partial charge on any atom is -0.493 e. The molecule has 0 spiro atoms. The molecule has 6 heteroatoms. The smallest absolute Gasteiger partial charge is 0.257 e. The summed E-state index contributed by atoms with van der Waals surface area (Å²) in [5.41, 5.74) is -0.787. The van der Waals surface area contributed by atoms with Gasteiger partial charge in [-0.3, -0.25) is 4.79 Å². The second-order valence-electron chi connectivity index (χ2n) is 4.17. The number of H-pyrrole nitrogens is 1. The molecule has 1 fully saturated rings. The van der Waals surface area contributed by atoms with Crippen molar-refractivity contribution in [1.82, 2.24) is 9.97 Å². The molecule has 2 heterocycles. The quantitative estimate of drug-likeness (QED) is 0.783. The number of nitrogens with one attached hydrogen (secondary N) is 1. The number of hydrogen-bond acceptors (Lipinski definition) is 5. The largest absolute Gasteiger partial charge is 0.493 e. The zero-order valence-electron chi connectivity index (χ0n) is 9.95. The highest BCUT2D eigenvalue weighted by Crippen LogP contribution is 2.33. The maximum Gasteiger partial charge on any atom is 0.257 e. The maximum absolute atomic E-state index is 11.6. The Kier molecular flexibility index (Phi) is 3.17. The maximum atomic E-state index is 11.6. The van der Waals surface area contributed by atoms with Crippen molar-refractivity contribution < 1.29 is 14.6 Å². The number of ether oxygens (including phenoxy) is 2. The van der Waals surface area contributed by atoms with E-state index >= 15 is 0 Å². The number of methoxy groups -OCH3 is 1. The minimum atomic E-state index is -0.664. The van der Waals surface area contributed by atoms with Crippen LogP contribution in [0, 0.1) is 6.92 Å². The summed E-state index contributed by atoms with van der Waals surface area (Å²) in [4.78, 5) is 18.3. The van der Waals surface area contributed by atoms with Gasteiger partial charge in [0.05, 0.1) is 5.56 Å². The van der Waals surface area contributed by atoms with Crippen molar-refractivity contribution in [3.8, 4) is 5.88 Å². The van der Waals surface area contributed by atoms with Gasteiger partial charge in [-0.1, -0.05) is 0 Å². The summed E-state index contributed by atoms with van der Waals surface area (Å²) in [6.45, 7) is 2.62. The molecule has 0 atom stereocenters. The summed E-state index contributed by atoms with van der Waals surface area (Å²) in [6.07, 6.45) is 1.21. The van der Waals surface area contributed by atoms with Gasteiger partial charge >= 0.3 is 0 Å². The van der Waals surface area contributed by atoms with Gasteiger partial charge in [0.25, 0.3) is 5.56 Å². The third kappa shape index (κ3) is 2.05. The monoisotopic (exact) mass is 240 g/mol. The summed E-state index contributed by atoms with van der Waals surface area (Å²) in [6, 6.07) is 0. The second-order valence-corrected chi connectivity index (χ2v) is 4.17. The SMILES string of the molecule is COC1(c2nc(O)c(C)c(=O)[nH]2)CCOCC1. The Morgan fingerprint density at radius 2 is 2.12 bits per heavy atom. The fourth-order valence-corrected chi connectivity index (χ4v) is 1.98. The lowest BCUT2D eigenvalue weighted by atomic mass is 9.93. The summed E-state index contributed by atoms with van der Waals surface area (Å²) < 4.78 is 10.8. The van der Waals surface area contributed by atoms with Crippen molar-refractivity contribution in [3.05, 3.63) is 21.7 Å². The molecule has 0 saturated carbocycles. The molecule has 1 aromatic rings. The van der Waals surface area contributed by atoms with Crippen molar-refractivity contribution in [1.29, 1.82) is 0 Å². The van der Waals surface area contributed by atoms with E-state index in [1.165, 1.54) is 6.92 Å². The topological polar surface area (TPSA) is 84.4 Å². The van der Waals surface area contributed by atoms with Gasteiger partial charge in [-0.25, -0.2) is 0 Å². The van der Waals surface area contributed by atoms with Crippen molar-refractivity contribution >= 4 is 0 Å². The van der Waals surface area contributed by atoms with Crippen LogP contribution in [0.25, 0.3) is 0 Å². The Morgan fingerprint density at radius 1 is 1.47 bits per heavy atom. The Morgan fingerprint density at radius 3 is 2.65 bits per heavy atom. The van der Waals surface area contributed by atoms with Gasteiger partial charge in [0.2, 0.25) is 5.88 Å². The summed E-state index contributed by atoms with van der Waals surface area (Å²) in [5.74, 6) is 0.128. The molecular weight excluding hydrogens is 224 g/mol. The fourth-order valence-electron chi connectivity index (χ4n) is 1.98. The van der Waals surface area contributed by atoms with E-state index in [9.17, 15) is 9.90 Å². The average molecular weight is 240 g/mol. The molecule has 0 aliphatic carbocycles. The standard InChI is InChI=1S/C11H16N2O4/c1-7-8(14)12-10(13-9(7)15)11(16-2)3-5-17-6-4-11/h3-6H2,1-2H3,(H2,12,13,14,15). The predicted molar refractivity (Wildman–Crippen MR) is 60.0 cm³/mol. The second kappa shape index (κ2) is 4.46. The first-order chi connectivity index (χ1) is 8.09. The molecule has 1 saturated heterocycles. The molecule has 17 heavy (non-hydrogen) atoms. The van der Waals surface area contributed by atoms with Crippen LogP contribution in [0.2, 0.25) is 0 Å². The fraction of sp³-hybridized carbons (Fsp3) is 0.636. The highest BCUT2D eigenvalue weighted by molar-refractivity contribution is 5.22. The lowest BCUT2D eigenvalue weighted by Gasteiger charge is -2.34. The minimum absolute atomic E-state index is 0.215. The van der Waals surface area contributed by atoms with Crippen LogP contribution < -0.4 is 5.56 Å². The summed E-state index contributed by atoms with van der Waals surface area (Å²) in [5, 5.41) is 9.60. The Hall–Kier alpha value is -1.40. The average Bonchev–Trinajstić information content (AvgIpc) is 2.36. The number of aromatic nitrogens is 2. The van der Waals surface area contributed by atoms with Gasteiger partial charge in [0, 0.05) is 33.2 Å². The van der Waals surface area contributed by atoms with E-state index in [-0.39, 0.29) is 17.0 Å². The molecule has 0 radical (unpaired) electrons. The number of aromatic hydroxyl groups is 1. The Labute approximate surface area is 98.6 Å². The van der Waals surface area contributed by atoms with E-state index < -0.39 is 5.60 Å². The van der Waals surface area contributed by atoms with E-state index in [1.54, 1.807) is 7.11 Å². The lowest BCUT2D eigenvalue weighted by molar-refractivity contribution is -0.100. The Bertz CT molecular complexity index is 463. The first-order valence-electron chi connectivity index (χ1n) is 5.52. The number of nitrogens with zero attached hydrogens (tertiary/aromatic N) is 1. The van der Waals surface area contributed by atoms with Gasteiger partial charge < -0.3 is 19.6 Å².